The number of hydrogen-bond donors (Lipinski definition) is 0. The van der Waals surface area contributed by atoms with Crippen LogP contribution in [0.15, 0.2) is 16.2 Å². The zero-order chi connectivity index (χ0) is 14.4. The van der Waals surface area contributed by atoms with Gasteiger partial charge in [0, 0.05) is 5.90 Å². The van der Waals surface area contributed by atoms with E-state index in [0.717, 1.165) is 6.08 Å². The lowest BCUT2D eigenvalue weighted by atomic mass is 10.4. The van der Waals surface area contributed by atoms with Crippen molar-refractivity contribution in [1.29, 1.82) is 0 Å². The summed E-state index contributed by atoms with van der Waals surface area (Å²) in [6.45, 7) is 11.9. The van der Waals surface area contributed by atoms with Crippen LogP contribution in [0.25, 0.3) is 0 Å². The number of quaternary nitrogens is 1. The Morgan fingerprint density at radius 1 is 1.28 bits per heavy atom. The lowest BCUT2D eigenvalue weighted by molar-refractivity contribution is -0.904. The SMILES string of the molecule is CC1=CC([O-])=NS(=O)(=O)O1.CC[N+](C)(CC)CC. The molecular formula is C11H22N2O4S. The molecule has 0 aromatic rings. The van der Waals surface area contributed by atoms with Crippen LogP contribution in [0.1, 0.15) is 27.7 Å². The standard InChI is InChI=1S/C7H18N.C4H5NO4S/c1-5-8(4,6-2)7-3;1-3-2-4(6)5-10(7,8)9-3/h5-7H2,1-4H3;2H,1H3,(H,5,6)/q+1;/p-1. The van der Waals surface area contributed by atoms with Gasteiger partial charge in [0.05, 0.1) is 26.7 Å². The van der Waals surface area contributed by atoms with Gasteiger partial charge in [-0.2, -0.15) is 8.42 Å². The summed E-state index contributed by atoms with van der Waals surface area (Å²) in [4.78, 5) is 0. The van der Waals surface area contributed by atoms with Crippen LogP contribution in [0.5, 0.6) is 0 Å². The van der Waals surface area contributed by atoms with Gasteiger partial charge < -0.3 is 13.8 Å². The highest BCUT2D eigenvalue weighted by Crippen LogP contribution is 2.09. The molecular weight excluding hydrogens is 256 g/mol. The second-order valence-corrected chi connectivity index (χ2v) is 5.47. The van der Waals surface area contributed by atoms with E-state index in [9.17, 15) is 13.5 Å². The van der Waals surface area contributed by atoms with Gasteiger partial charge in [0.25, 0.3) is 0 Å². The normalized spacial score (nSPS) is 17.8. The molecule has 1 rings (SSSR count). The maximum Gasteiger partial charge on any atom is 0.427 e. The van der Waals surface area contributed by atoms with Crippen molar-refractivity contribution in [2.24, 2.45) is 4.40 Å². The first kappa shape index (κ1) is 16.9. The van der Waals surface area contributed by atoms with Crippen molar-refractivity contribution in [2.75, 3.05) is 26.7 Å². The Morgan fingerprint density at radius 2 is 1.72 bits per heavy atom. The van der Waals surface area contributed by atoms with Gasteiger partial charge in [0.1, 0.15) is 5.76 Å². The summed E-state index contributed by atoms with van der Waals surface area (Å²) in [5.74, 6) is -0.760. The Morgan fingerprint density at radius 3 is 1.94 bits per heavy atom. The summed E-state index contributed by atoms with van der Waals surface area (Å²) in [5.41, 5.74) is 0. The third-order valence-corrected chi connectivity index (χ3v) is 3.93. The minimum absolute atomic E-state index is 0.0417. The van der Waals surface area contributed by atoms with Crippen LogP contribution in [-0.4, -0.2) is 45.5 Å². The molecule has 0 saturated heterocycles. The largest absolute Gasteiger partial charge is 0.858 e. The third-order valence-electron chi connectivity index (χ3n) is 3.06. The summed E-state index contributed by atoms with van der Waals surface area (Å²) >= 11 is 0. The molecule has 7 heteroatoms. The van der Waals surface area contributed by atoms with E-state index < -0.39 is 16.2 Å². The maximum absolute atomic E-state index is 10.4. The van der Waals surface area contributed by atoms with Gasteiger partial charge in [-0.05, 0) is 33.8 Å². The van der Waals surface area contributed by atoms with Crippen LogP contribution in [0.3, 0.4) is 0 Å². The number of allylic oxidation sites excluding steroid dienone is 1. The number of rotatable bonds is 3. The third kappa shape index (κ3) is 6.02. The van der Waals surface area contributed by atoms with E-state index in [0.29, 0.717) is 0 Å². The first-order chi connectivity index (χ1) is 8.18. The van der Waals surface area contributed by atoms with Crippen LogP contribution in [0, 0.1) is 0 Å². The highest BCUT2D eigenvalue weighted by Gasteiger charge is 2.12. The molecule has 0 amide bonds. The zero-order valence-corrected chi connectivity index (χ0v) is 12.5. The molecule has 0 aromatic carbocycles. The lowest BCUT2D eigenvalue weighted by Gasteiger charge is -2.30. The molecule has 0 aliphatic carbocycles. The maximum atomic E-state index is 10.4. The Bertz CT molecular complexity index is 414. The fourth-order valence-electron chi connectivity index (χ4n) is 1.19. The molecule has 0 N–H and O–H groups in total. The highest BCUT2D eigenvalue weighted by molar-refractivity contribution is 7.85. The van der Waals surface area contributed by atoms with Gasteiger partial charge in [-0.25, -0.2) is 0 Å². The monoisotopic (exact) mass is 278 g/mol. The van der Waals surface area contributed by atoms with Crippen molar-refractivity contribution in [3.05, 3.63) is 11.8 Å². The summed E-state index contributed by atoms with van der Waals surface area (Å²) < 4.78 is 28.9. The van der Waals surface area contributed by atoms with Crippen LogP contribution in [0.2, 0.25) is 0 Å². The molecule has 0 spiro atoms. The Kier molecular flexibility index (Phi) is 6.34. The Balaban J connectivity index is 0.000000331. The highest BCUT2D eigenvalue weighted by atomic mass is 32.2. The van der Waals surface area contributed by atoms with E-state index in [1.165, 1.54) is 31.0 Å². The fraction of sp³-hybridized carbons (Fsp3) is 0.727. The van der Waals surface area contributed by atoms with Gasteiger partial charge in [-0.15, -0.1) is 4.40 Å². The molecule has 1 aliphatic heterocycles. The van der Waals surface area contributed by atoms with Crippen LogP contribution < -0.4 is 5.11 Å². The molecule has 1 aliphatic rings. The molecule has 0 atom stereocenters. The van der Waals surface area contributed by atoms with Crippen LogP contribution in [-0.2, 0) is 14.5 Å². The average Bonchev–Trinajstić information content (AvgIpc) is 2.25. The molecule has 0 unspecified atom stereocenters. The molecule has 0 aromatic heterocycles. The Labute approximate surface area is 109 Å². The van der Waals surface area contributed by atoms with Crippen molar-refractivity contribution in [2.45, 2.75) is 27.7 Å². The topological polar surface area (TPSA) is 78.8 Å². The molecule has 18 heavy (non-hydrogen) atoms. The zero-order valence-electron chi connectivity index (χ0n) is 11.6. The van der Waals surface area contributed by atoms with E-state index in [1.54, 1.807) is 0 Å². The summed E-state index contributed by atoms with van der Waals surface area (Å²) in [6.07, 6.45) is 1.00. The molecule has 6 nitrogen and oxygen atoms in total. The smallest absolute Gasteiger partial charge is 0.427 e. The second-order valence-electron chi connectivity index (χ2n) is 4.26. The van der Waals surface area contributed by atoms with E-state index in [2.05, 4.69) is 36.4 Å². The van der Waals surface area contributed by atoms with Gasteiger partial charge in [0.15, 0.2) is 0 Å². The van der Waals surface area contributed by atoms with Crippen molar-refractivity contribution in [1.82, 2.24) is 0 Å². The van der Waals surface area contributed by atoms with Crippen LogP contribution >= 0.6 is 0 Å². The second kappa shape index (κ2) is 6.75. The minimum Gasteiger partial charge on any atom is -0.858 e. The van der Waals surface area contributed by atoms with Gasteiger partial charge in [-0.3, -0.25) is 0 Å². The van der Waals surface area contributed by atoms with Crippen molar-refractivity contribution in [3.63, 3.8) is 0 Å². The predicted octanol–water partition coefficient (Wildman–Crippen LogP) is 0.417. The summed E-state index contributed by atoms with van der Waals surface area (Å²) in [7, 11) is -1.68. The van der Waals surface area contributed by atoms with Gasteiger partial charge in [-0.1, -0.05) is 0 Å². The van der Waals surface area contributed by atoms with E-state index >= 15 is 0 Å². The number of hydrogen-bond acceptors (Lipinski definition) is 4. The van der Waals surface area contributed by atoms with E-state index in [-0.39, 0.29) is 5.76 Å². The van der Waals surface area contributed by atoms with Crippen molar-refractivity contribution in [3.8, 4) is 0 Å². The average molecular weight is 278 g/mol. The fourth-order valence-corrected chi connectivity index (χ4v) is 1.88. The first-order valence-electron chi connectivity index (χ1n) is 5.91. The van der Waals surface area contributed by atoms with E-state index in [1.807, 2.05) is 0 Å². The van der Waals surface area contributed by atoms with E-state index in [4.69, 9.17) is 0 Å². The quantitative estimate of drug-likeness (QED) is 0.701. The summed E-state index contributed by atoms with van der Waals surface area (Å²) in [5, 5.41) is 10.4. The lowest BCUT2D eigenvalue weighted by Crippen LogP contribution is -2.42. The molecule has 0 saturated carbocycles. The van der Waals surface area contributed by atoms with Crippen molar-refractivity contribution >= 4 is 16.2 Å². The van der Waals surface area contributed by atoms with Crippen molar-refractivity contribution < 1.29 is 22.2 Å². The molecule has 0 bridgehead atoms. The molecule has 1 heterocycles. The predicted molar refractivity (Wildman–Crippen MR) is 69.0 cm³/mol. The number of nitrogens with zero attached hydrogens (tertiary/aromatic N) is 2. The molecule has 0 radical (unpaired) electrons. The van der Waals surface area contributed by atoms with Gasteiger partial charge >= 0.3 is 10.3 Å². The minimum atomic E-state index is -3.97. The first-order valence-corrected chi connectivity index (χ1v) is 7.27. The van der Waals surface area contributed by atoms with Gasteiger partial charge in [0.2, 0.25) is 0 Å². The summed E-state index contributed by atoms with van der Waals surface area (Å²) in [6, 6.07) is 0. The Hall–Kier alpha value is -1.08. The molecule has 0 fully saturated rings. The molecule has 106 valence electrons. The van der Waals surface area contributed by atoms with Crippen LogP contribution in [0.4, 0.5) is 0 Å².